The highest BCUT2D eigenvalue weighted by atomic mass is 16.6. The summed E-state index contributed by atoms with van der Waals surface area (Å²) in [6.07, 6.45) is 2.65. The average molecular weight is 376 g/mol. The Morgan fingerprint density at radius 2 is 1.82 bits per heavy atom. The van der Waals surface area contributed by atoms with Crippen molar-refractivity contribution in [2.45, 2.75) is 6.92 Å². The number of nitrogens with zero attached hydrogens (tertiary/aromatic N) is 3. The summed E-state index contributed by atoms with van der Waals surface area (Å²) in [7, 11) is 0. The number of ether oxygens (including phenoxy) is 1. The van der Waals surface area contributed by atoms with E-state index < -0.39 is 4.92 Å². The van der Waals surface area contributed by atoms with Crippen LogP contribution in [0.1, 0.15) is 21.5 Å². The third-order valence-corrected chi connectivity index (χ3v) is 3.73. The van der Waals surface area contributed by atoms with Gasteiger partial charge in [0.05, 0.1) is 11.1 Å². The van der Waals surface area contributed by atoms with Crippen molar-refractivity contribution >= 4 is 17.8 Å². The zero-order valence-corrected chi connectivity index (χ0v) is 14.9. The summed E-state index contributed by atoms with van der Waals surface area (Å²) in [6.45, 7) is 1.95. The van der Waals surface area contributed by atoms with Crippen molar-refractivity contribution in [3.05, 3.63) is 93.7 Å². The number of hydrogen-bond donors (Lipinski definition) is 1. The monoisotopic (exact) mass is 376 g/mol. The van der Waals surface area contributed by atoms with Crippen LogP contribution < -0.4 is 10.2 Å². The number of carbonyl (C=O) groups excluding carboxylic acids is 1. The molecule has 0 saturated carbocycles. The minimum atomic E-state index is -0.525. The number of hydrazone groups is 1. The second-order valence-corrected chi connectivity index (χ2v) is 5.85. The first-order valence-corrected chi connectivity index (χ1v) is 8.30. The Kier molecular flexibility index (Phi) is 5.71. The number of pyridine rings is 1. The molecule has 0 aliphatic rings. The van der Waals surface area contributed by atoms with E-state index in [9.17, 15) is 14.9 Å². The SMILES string of the molecule is Cc1ccc(C(=O)N/N=C\c2ccc(Oc3ccc([N+](=O)[O-])cn3)cc2)cc1. The smallest absolute Gasteiger partial charge is 0.287 e. The number of aryl methyl sites for hydroxylation is 1. The topological polar surface area (TPSA) is 107 Å². The van der Waals surface area contributed by atoms with Gasteiger partial charge in [-0.25, -0.2) is 10.4 Å². The maximum absolute atomic E-state index is 12.0. The first-order chi connectivity index (χ1) is 13.5. The lowest BCUT2D eigenvalue weighted by atomic mass is 10.1. The van der Waals surface area contributed by atoms with Crippen molar-refractivity contribution in [2.75, 3.05) is 0 Å². The zero-order valence-electron chi connectivity index (χ0n) is 14.9. The van der Waals surface area contributed by atoms with Crippen LogP contribution in [-0.2, 0) is 0 Å². The Hall–Kier alpha value is -4.07. The van der Waals surface area contributed by atoms with E-state index in [1.807, 2.05) is 19.1 Å². The van der Waals surface area contributed by atoms with Gasteiger partial charge in [0, 0.05) is 17.7 Å². The van der Waals surface area contributed by atoms with Gasteiger partial charge in [-0.15, -0.1) is 0 Å². The Labute approximate surface area is 160 Å². The second-order valence-electron chi connectivity index (χ2n) is 5.85. The Bertz CT molecular complexity index is 998. The molecule has 1 aromatic heterocycles. The Morgan fingerprint density at radius 1 is 1.11 bits per heavy atom. The number of carbonyl (C=O) groups is 1. The zero-order chi connectivity index (χ0) is 19.9. The first-order valence-electron chi connectivity index (χ1n) is 8.30. The molecule has 28 heavy (non-hydrogen) atoms. The van der Waals surface area contributed by atoms with Crippen molar-refractivity contribution < 1.29 is 14.5 Å². The lowest BCUT2D eigenvalue weighted by Crippen LogP contribution is -2.17. The third-order valence-electron chi connectivity index (χ3n) is 3.73. The standard InChI is InChI=1S/C20H16N4O4/c1-14-2-6-16(7-3-14)20(25)23-22-12-15-4-9-18(10-5-15)28-19-11-8-17(13-21-19)24(26)27/h2-13H,1H3,(H,23,25)/b22-12-. The summed E-state index contributed by atoms with van der Waals surface area (Å²) in [5, 5.41) is 14.6. The molecular weight excluding hydrogens is 360 g/mol. The number of aromatic nitrogens is 1. The van der Waals surface area contributed by atoms with Crippen molar-refractivity contribution in [2.24, 2.45) is 5.10 Å². The minimum Gasteiger partial charge on any atom is -0.439 e. The molecule has 1 heterocycles. The molecule has 1 amide bonds. The van der Waals surface area contributed by atoms with Crippen LogP contribution in [0, 0.1) is 17.0 Å². The number of nitrogens with one attached hydrogen (secondary N) is 1. The molecule has 0 atom stereocenters. The summed E-state index contributed by atoms with van der Waals surface area (Å²) < 4.78 is 5.53. The van der Waals surface area contributed by atoms with Crippen molar-refractivity contribution in [3.63, 3.8) is 0 Å². The molecular formula is C20H16N4O4. The fourth-order valence-electron chi connectivity index (χ4n) is 2.22. The van der Waals surface area contributed by atoms with E-state index in [0.717, 1.165) is 17.3 Å². The van der Waals surface area contributed by atoms with Gasteiger partial charge in [-0.1, -0.05) is 17.7 Å². The third kappa shape index (κ3) is 4.98. The van der Waals surface area contributed by atoms with Crippen molar-refractivity contribution in [1.82, 2.24) is 10.4 Å². The quantitative estimate of drug-likeness (QED) is 0.399. The van der Waals surface area contributed by atoms with Crippen molar-refractivity contribution in [3.8, 4) is 11.6 Å². The average Bonchev–Trinajstić information content (AvgIpc) is 2.70. The Balaban J connectivity index is 1.56. The fourth-order valence-corrected chi connectivity index (χ4v) is 2.22. The fraction of sp³-hybridized carbons (Fsp3) is 0.0500. The molecule has 0 fully saturated rings. The highest BCUT2D eigenvalue weighted by Crippen LogP contribution is 2.21. The van der Waals surface area contributed by atoms with Crippen LogP contribution >= 0.6 is 0 Å². The van der Waals surface area contributed by atoms with Gasteiger partial charge in [0.25, 0.3) is 11.6 Å². The van der Waals surface area contributed by atoms with Gasteiger partial charge in [0.1, 0.15) is 11.9 Å². The molecule has 0 aliphatic heterocycles. The summed E-state index contributed by atoms with van der Waals surface area (Å²) >= 11 is 0. The van der Waals surface area contributed by atoms with Gasteiger partial charge in [0.15, 0.2) is 0 Å². The summed E-state index contributed by atoms with van der Waals surface area (Å²) in [6, 6.07) is 16.8. The highest BCUT2D eigenvalue weighted by Gasteiger charge is 2.06. The molecule has 0 radical (unpaired) electrons. The normalized spacial score (nSPS) is 10.6. The lowest BCUT2D eigenvalue weighted by Gasteiger charge is -2.04. The van der Waals surface area contributed by atoms with E-state index in [1.54, 1.807) is 36.4 Å². The molecule has 140 valence electrons. The minimum absolute atomic E-state index is 0.105. The molecule has 0 bridgehead atoms. The van der Waals surface area contributed by atoms with E-state index >= 15 is 0 Å². The van der Waals surface area contributed by atoms with Crippen LogP contribution in [0.15, 0.2) is 72.0 Å². The molecule has 8 heteroatoms. The number of amides is 1. The van der Waals surface area contributed by atoms with Crippen LogP contribution in [0.3, 0.4) is 0 Å². The maximum Gasteiger partial charge on any atom is 0.287 e. The maximum atomic E-state index is 12.0. The van der Waals surface area contributed by atoms with E-state index in [0.29, 0.717) is 11.3 Å². The molecule has 3 rings (SSSR count). The predicted molar refractivity (Wildman–Crippen MR) is 104 cm³/mol. The van der Waals surface area contributed by atoms with Crippen LogP contribution in [0.25, 0.3) is 0 Å². The van der Waals surface area contributed by atoms with Gasteiger partial charge < -0.3 is 4.74 Å². The van der Waals surface area contributed by atoms with E-state index in [2.05, 4.69) is 15.5 Å². The van der Waals surface area contributed by atoms with E-state index in [1.165, 1.54) is 18.3 Å². The first kappa shape index (κ1) is 18.7. The van der Waals surface area contributed by atoms with Crippen LogP contribution in [0.4, 0.5) is 5.69 Å². The summed E-state index contributed by atoms with van der Waals surface area (Å²) in [5.41, 5.74) is 4.73. The second kappa shape index (κ2) is 8.54. The van der Waals surface area contributed by atoms with Gasteiger partial charge >= 0.3 is 0 Å². The van der Waals surface area contributed by atoms with Gasteiger partial charge in [-0.05, 0) is 48.9 Å². The van der Waals surface area contributed by atoms with Gasteiger partial charge in [-0.2, -0.15) is 5.10 Å². The van der Waals surface area contributed by atoms with Crippen LogP contribution in [0.5, 0.6) is 11.6 Å². The molecule has 2 aromatic carbocycles. The van der Waals surface area contributed by atoms with Crippen LogP contribution in [0.2, 0.25) is 0 Å². The molecule has 0 spiro atoms. The number of nitro groups is 1. The largest absolute Gasteiger partial charge is 0.439 e. The molecule has 0 saturated heterocycles. The van der Waals surface area contributed by atoms with E-state index in [-0.39, 0.29) is 17.5 Å². The molecule has 3 aromatic rings. The van der Waals surface area contributed by atoms with Crippen molar-refractivity contribution in [1.29, 1.82) is 0 Å². The summed E-state index contributed by atoms with van der Waals surface area (Å²) in [5.74, 6) is 0.472. The Morgan fingerprint density at radius 3 is 2.43 bits per heavy atom. The molecule has 0 aliphatic carbocycles. The highest BCUT2D eigenvalue weighted by molar-refractivity contribution is 5.94. The predicted octanol–water partition coefficient (Wildman–Crippen LogP) is 3.85. The van der Waals surface area contributed by atoms with Gasteiger partial charge in [-0.3, -0.25) is 14.9 Å². The molecule has 8 nitrogen and oxygen atoms in total. The van der Waals surface area contributed by atoms with E-state index in [4.69, 9.17) is 4.74 Å². The lowest BCUT2D eigenvalue weighted by molar-refractivity contribution is -0.385. The molecule has 1 N–H and O–H groups in total. The van der Waals surface area contributed by atoms with Gasteiger partial charge in [0.2, 0.25) is 5.88 Å². The summed E-state index contributed by atoms with van der Waals surface area (Å²) in [4.78, 5) is 26.0. The number of benzene rings is 2. The number of hydrogen-bond acceptors (Lipinski definition) is 6. The number of rotatable bonds is 6. The van der Waals surface area contributed by atoms with Crippen LogP contribution in [-0.4, -0.2) is 22.0 Å². The molecule has 0 unspecified atom stereocenters.